The number of ether oxygens (including phenoxy) is 1. The van der Waals surface area contributed by atoms with Gasteiger partial charge in [0.25, 0.3) is 0 Å². The Kier molecular flexibility index (Phi) is 6.23. The second kappa shape index (κ2) is 8.17. The molecule has 0 aliphatic heterocycles. The van der Waals surface area contributed by atoms with Crippen molar-refractivity contribution >= 4 is 5.82 Å². The number of nitrogens with two attached hydrogens (primary N) is 1. The molecule has 0 atom stereocenters. The molecular weight excluding hydrogens is 264 g/mol. The van der Waals surface area contributed by atoms with Crippen LogP contribution in [-0.4, -0.2) is 16.6 Å². The van der Waals surface area contributed by atoms with Crippen molar-refractivity contribution < 1.29 is 4.74 Å². The van der Waals surface area contributed by atoms with Gasteiger partial charge in [-0.3, -0.25) is 0 Å². The third kappa shape index (κ3) is 4.84. The first-order valence-corrected chi connectivity index (χ1v) is 8.24. The highest BCUT2D eigenvalue weighted by Gasteiger charge is 2.28. The molecule has 3 N–H and O–H groups in total. The fourth-order valence-electron chi connectivity index (χ4n) is 2.37. The monoisotopic (exact) mass is 292 g/mol. The van der Waals surface area contributed by atoms with Gasteiger partial charge in [0.1, 0.15) is 11.6 Å². The summed E-state index contributed by atoms with van der Waals surface area (Å²) in [5.74, 6) is 8.27. The van der Waals surface area contributed by atoms with Crippen LogP contribution in [0.1, 0.15) is 75.6 Å². The number of aromatic nitrogens is 2. The largest absolute Gasteiger partial charge is 0.477 e. The third-order valence-electron chi connectivity index (χ3n) is 3.93. The average molecular weight is 292 g/mol. The normalized spacial score (nSPS) is 14.2. The molecule has 1 aliphatic rings. The highest BCUT2D eigenvalue weighted by Crippen LogP contribution is 2.39. The number of anilines is 1. The number of hydrazine groups is 1. The van der Waals surface area contributed by atoms with E-state index in [1.807, 2.05) is 6.92 Å². The fraction of sp³-hybridized carbons (Fsp3) is 0.750. The Bertz CT molecular complexity index is 446. The maximum Gasteiger partial charge on any atom is 0.221 e. The number of rotatable bonds is 10. The van der Waals surface area contributed by atoms with Crippen molar-refractivity contribution in [3.8, 4) is 5.88 Å². The third-order valence-corrected chi connectivity index (χ3v) is 3.93. The molecule has 1 fully saturated rings. The van der Waals surface area contributed by atoms with Crippen LogP contribution < -0.4 is 16.0 Å². The van der Waals surface area contributed by atoms with E-state index in [2.05, 4.69) is 22.3 Å². The Morgan fingerprint density at radius 1 is 1.14 bits per heavy atom. The lowest BCUT2D eigenvalue weighted by Crippen LogP contribution is -2.14. The molecule has 118 valence electrons. The smallest absolute Gasteiger partial charge is 0.221 e. The summed E-state index contributed by atoms with van der Waals surface area (Å²) in [7, 11) is 0. The molecule has 1 aromatic rings. The van der Waals surface area contributed by atoms with Crippen molar-refractivity contribution in [3.05, 3.63) is 11.4 Å². The second-order valence-electron chi connectivity index (χ2n) is 5.90. The molecule has 2 rings (SSSR count). The van der Waals surface area contributed by atoms with E-state index in [1.165, 1.54) is 44.9 Å². The molecule has 0 bridgehead atoms. The molecule has 1 heterocycles. The molecule has 1 aromatic heterocycles. The predicted molar refractivity (Wildman–Crippen MR) is 85.4 cm³/mol. The minimum absolute atomic E-state index is 0.495. The summed E-state index contributed by atoms with van der Waals surface area (Å²) in [4.78, 5) is 9.03. The number of hydrogen-bond donors (Lipinski definition) is 2. The van der Waals surface area contributed by atoms with Crippen molar-refractivity contribution in [3.63, 3.8) is 0 Å². The van der Waals surface area contributed by atoms with Crippen LogP contribution in [0, 0.1) is 6.92 Å². The first-order valence-electron chi connectivity index (χ1n) is 8.24. The van der Waals surface area contributed by atoms with Crippen LogP contribution in [-0.2, 0) is 0 Å². The molecule has 0 saturated heterocycles. The molecule has 5 heteroatoms. The van der Waals surface area contributed by atoms with E-state index in [-0.39, 0.29) is 0 Å². The number of unbranched alkanes of at least 4 members (excludes halogenated alkanes) is 5. The van der Waals surface area contributed by atoms with E-state index in [4.69, 9.17) is 10.6 Å². The molecule has 0 amide bonds. The van der Waals surface area contributed by atoms with E-state index in [0.29, 0.717) is 17.6 Å². The topological polar surface area (TPSA) is 73.1 Å². The molecule has 1 saturated carbocycles. The van der Waals surface area contributed by atoms with Crippen LogP contribution in [0.15, 0.2) is 0 Å². The van der Waals surface area contributed by atoms with Crippen molar-refractivity contribution in [2.45, 2.75) is 71.1 Å². The summed E-state index contributed by atoms with van der Waals surface area (Å²) in [6.45, 7) is 4.90. The molecular formula is C16H28N4O. The molecule has 0 unspecified atom stereocenters. The zero-order valence-electron chi connectivity index (χ0n) is 13.3. The van der Waals surface area contributed by atoms with Crippen molar-refractivity contribution in [2.24, 2.45) is 5.84 Å². The van der Waals surface area contributed by atoms with E-state index in [9.17, 15) is 0 Å². The van der Waals surface area contributed by atoms with Gasteiger partial charge in [-0.1, -0.05) is 39.0 Å². The van der Waals surface area contributed by atoms with Crippen LogP contribution in [0.5, 0.6) is 5.88 Å². The second-order valence-corrected chi connectivity index (χ2v) is 5.90. The Morgan fingerprint density at radius 2 is 1.86 bits per heavy atom. The lowest BCUT2D eigenvalue weighted by atomic mass is 10.1. The summed E-state index contributed by atoms with van der Waals surface area (Å²) in [6.07, 6.45) is 9.89. The van der Waals surface area contributed by atoms with E-state index in [1.54, 1.807) is 0 Å². The summed E-state index contributed by atoms with van der Waals surface area (Å²) in [5, 5.41) is 0. The lowest BCUT2D eigenvalue weighted by molar-refractivity contribution is 0.290. The summed E-state index contributed by atoms with van der Waals surface area (Å²) >= 11 is 0. The van der Waals surface area contributed by atoms with Gasteiger partial charge in [-0.25, -0.2) is 10.8 Å². The minimum Gasteiger partial charge on any atom is -0.477 e. The first kappa shape index (κ1) is 16.0. The highest BCUT2D eigenvalue weighted by molar-refractivity contribution is 5.48. The average Bonchev–Trinajstić information content (AvgIpc) is 3.32. The fourth-order valence-corrected chi connectivity index (χ4v) is 2.37. The number of nitrogen functional groups attached to an aromatic ring is 1. The van der Waals surface area contributed by atoms with Gasteiger partial charge in [-0.15, -0.1) is 0 Å². The summed E-state index contributed by atoms with van der Waals surface area (Å²) < 4.78 is 5.86. The molecule has 0 aromatic carbocycles. The van der Waals surface area contributed by atoms with Crippen LogP contribution in [0.25, 0.3) is 0 Å². The Balaban J connectivity index is 1.82. The van der Waals surface area contributed by atoms with Gasteiger partial charge in [0, 0.05) is 5.92 Å². The van der Waals surface area contributed by atoms with Gasteiger partial charge < -0.3 is 10.2 Å². The van der Waals surface area contributed by atoms with Crippen LogP contribution in [0.4, 0.5) is 5.82 Å². The van der Waals surface area contributed by atoms with Crippen molar-refractivity contribution in [1.29, 1.82) is 0 Å². The SMILES string of the molecule is CCCCCCCCOc1nc(C2CC2)nc(NN)c1C. The molecule has 0 radical (unpaired) electrons. The standard InChI is InChI=1S/C16H28N4O/c1-3-4-5-6-7-8-11-21-16-12(2)14(20-17)18-15(19-16)13-9-10-13/h13H,3-11,17H2,1-2H3,(H,18,19,20). The first-order chi connectivity index (χ1) is 10.3. The lowest BCUT2D eigenvalue weighted by Gasteiger charge is -2.12. The molecule has 0 spiro atoms. The van der Waals surface area contributed by atoms with Gasteiger partial charge in [0.15, 0.2) is 0 Å². The Labute approximate surface area is 127 Å². The van der Waals surface area contributed by atoms with Crippen LogP contribution in [0.2, 0.25) is 0 Å². The zero-order chi connectivity index (χ0) is 15.1. The number of hydrogen-bond acceptors (Lipinski definition) is 5. The summed E-state index contributed by atoms with van der Waals surface area (Å²) in [6, 6.07) is 0. The highest BCUT2D eigenvalue weighted by atomic mass is 16.5. The zero-order valence-corrected chi connectivity index (χ0v) is 13.3. The Morgan fingerprint density at radius 3 is 2.52 bits per heavy atom. The van der Waals surface area contributed by atoms with Gasteiger partial charge in [0.2, 0.25) is 5.88 Å². The van der Waals surface area contributed by atoms with Gasteiger partial charge >= 0.3 is 0 Å². The minimum atomic E-state index is 0.495. The predicted octanol–water partition coefficient (Wildman–Crippen LogP) is 3.69. The molecule has 21 heavy (non-hydrogen) atoms. The van der Waals surface area contributed by atoms with Crippen molar-refractivity contribution in [2.75, 3.05) is 12.0 Å². The van der Waals surface area contributed by atoms with E-state index < -0.39 is 0 Å². The van der Waals surface area contributed by atoms with Gasteiger partial charge in [-0.05, 0) is 26.2 Å². The quantitative estimate of drug-likeness (QED) is 0.391. The molecule has 5 nitrogen and oxygen atoms in total. The molecule has 1 aliphatic carbocycles. The van der Waals surface area contributed by atoms with E-state index in [0.717, 1.165) is 24.4 Å². The van der Waals surface area contributed by atoms with Gasteiger partial charge in [0.05, 0.1) is 12.2 Å². The van der Waals surface area contributed by atoms with Crippen LogP contribution >= 0.6 is 0 Å². The van der Waals surface area contributed by atoms with Crippen molar-refractivity contribution in [1.82, 2.24) is 9.97 Å². The number of nitrogens with zero attached hydrogens (tertiary/aromatic N) is 2. The maximum absolute atomic E-state index is 5.86. The Hall–Kier alpha value is -1.36. The van der Waals surface area contributed by atoms with Gasteiger partial charge in [-0.2, -0.15) is 4.98 Å². The summed E-state index contributed by atoms with van der Waals surface area (Å²) in [5.41, 5.74) is 3.55. The number of nitrogens with one attached hydrogen (secondary N) is 1. The maximum atomic E-state index is 5.86. The van der Waals surface area contributed by atoms with Crippen LogP contribution in [0.3, 0.4) is 0 Å². The van der Waals surface area contributed by atoms with E-state index >= 15 is 0 Å².